The molecule has 0 spiro atoms. The smallest absolute Gasteiger partial charge is 0.0277 e. The first-order valence-corrected chi connectivity index (χ1v) is 7.01. The van der Waals surface area contributed by atoms with E-state index in [-0.39, 0.29) is 0 Å². The van der Waals surface area contributed by atoms with Crippen molar-refractivity contribution in [3.8, 4) is 0 Å². The van der Waals surface area contributed by atoms with Crippen LogP contribution in [-0.2, 0) is 0 Å². The zero-order chi connectivity index (χ0) is 13.1. The minimum atomic E-state index is 0.312. The SMILES string of the molecule is CCC(C)C(CN1CCN(C)C(C)(C)C1)NC. The van der Waals surface area contributed by atoms with Gasteiger partial charge in [-0.25, -0.2) is 0 Å². The molecule has 3 heteroatoms. The molecule has 0 radical (unpaired) electrons. The second-order valence-electron chi connectivity index (χ2n) is 6.25. The monoisotopic (exact) mass is 241 g/mol. The highest BCUT2D eigenvalue weighted by Gasteiger charge is 2.32. The van der Waals surface area contributed by atoms with Crippen molar-refractivity contribution in [1.29, 1.82) is 0 Å². The lowest BCUT2D eigenvalue weighted by atomic mass is 9.95. The first-order valence-electron chi connectivity index (χ1n) is 7.01. The lowest BCUT2D eigenvalue weighted by Gasteiger charge is -2.46. The third-order valence-electron chi connectivity index (χ3n) is 4.55. The van der Waals surface area contributed by atoms with Crippen LogP contribution in [0.2, 0.25) is 0 Å². The number of rotatable bonds is 5. The van der Waals surface area contributed by atoms with Gasteiger partial charge in [0.15, 0.2) is 0 Å². The van der Waals surface area contributed by atoms with Gasteiger partial charge in [0.1, 0.15) is 0 Å². The molecule has 0 aliphatic carbocycles. The first kappa shape index (κ1) is 14.9. The van der Waals surface area contributed by atoms with Gasteiger partial charge < -0.3 is 5.32 Å². The van der Waals surface area contributed by atoms with Crippen LogP contribution in [0, 0.1) is 5.92 Å². The van der Waals surface area contributed by atoms with Crippen molar-refractivity contribution in [2.24, 2.45) is 5.92 Å². The molecule has 2 atom stereocenters. The summed E-state index contributed by atoms with van der Waals surface area (Å²) in [5.41, 5.74) is 0.312. The quantitative estimate of drug-likeness (QED) is 0.789. The van der Waals surface area contributed by atoms with Gasteiger partial charge in [0.25, 0.3) is 0 Å². The molecule has 17 heavy (non-hydrogen) atoms. The zero-order valence-electron chi connectivity index (χ0n) is 12.6. The summed E-state index contributed by atoms with van der Waals surface area (Å²) in [6, 6.07) is 0.624. The highest BCUT2D eigenvalue weighted by atomic mass is 15.3. The maximum atomic E-state index is 3.48. The summed E-state index contributed by atoms with van der Waals surface area (Å²) in [6.45, 7) is 14.1. The minimum Gasteiger partial charge on any atom is -0.315 e. The van der Waals surface area contributed by atoms with Crippen molar-refractivity contribution < 1.29 is 0 Å². The van der Waals surface area contributed by atoms with Gasteiger partial charge in [0, 0.05) is 37.8 Å². The predicted octanol–water partition coefficient (Wildman–Crippen LogP) is 1.65. The first-order chi connectivity index (χ1) is 7.90. The fourth-order valence-electron chi connectivity index (χ4n) is 2.62. The van der Waals surface area contributed by atoms with Crippen molar-refractivity contribution in [1.82, 2.24) is 15.1 Å². The summed E-state index contributed by atoms with van der Waals surface area (Å²) < 4.78 is 0. The molecule has 0 bridgehead atoms. The van der Waals surface area contributed by atoms with E-state index in [2.05, 4.69) is 56.9 Å². The molecule has 0 amide bonds. The summed E-state index contributed by atoms with van der Waals surface area (Å²) in [7, 11) is 4.33. The van der Waals surface area contributed by atoms with Crippen LogP contribution >= 0.6 is 0 Å². The van der Waals surface area contributed by atoms with E-state index < -0.39 is 0 Å². The molecule has 3 nitrogen and oxygen atoms in total. The topological polar surface area (TPSA) is 18.5 Å². The highest BCUT2D eigenvalue weighted by Crippen LogP contribution is 2.20. The maximum Gasteiger partial charge on any atom is 0.0277 e. The van der Waals surface area contributed by atoms with Crippen LogP contribution in [0.4, 0.5) is 0 Å². The minimum absolute atomic E-state index is 0.312. The van der Waals surface area contributed by atoms with Gasteiger partial charge in [0.05, 0.1) is 0 Å². The Morgan fingerprint density at radius 2 is 1.94 bits per heavy atom. The largest absolute Gasteiger partial charge is 0.315 e. The van der Waals surface area contributed by atoms with E-state index in [4.69, 9.17) is 0 Å². The third-order valence-corrected chi connectivity index (χ3v) is 4.55. The summed E-state index contributed by atoms with van der Waals surface area (Å²) in [5, 5.41) is 3.48. The Kier molecular flexibility index (Phi) is 5.42. The molecular formula is C14H31N3. The summed E-state index contributed by atoms with van der Waals surface area (Å²) >= 11 is 0. The van der Waals surface area contributed by atoms with E-state index >= 15 is 0 Å². The molecule has 1 aliphatic heterocycles. The molecule has 1 N–H and O–H groups in total. The Labute approximate surface area is 108 Å². The lowest BCUT2D eigenvalue weighted by molar-refractivity contribution is 0.0323. The van der Waals surface area contributed by atoms with Gasteiger partial charge >= 0.3 is 0 Å². The Bertz CT molecular complexity index is 228. The van der Waals surface area contributed by atoms with Crippen LogP contribution in [0.25, 0.3) is 0 Å². The number of hydrogen-bond acceptors (Lipinski definition) is 3. The van der Waals surface area contributed by atoms with Crippen molar-refractivity contribution in [3.05, 3.63) is 0 Å². The van der Waals surface area contributed by atoms with Gasteiger partial charge in [0.2, 0.25) is 0 Å². The Hall–Kier alpha value is -0.120. The van der Waals surface area contributed by atoms with Gasteiger partial charge in [-0.3, -0.25) is 9.80 Å². The van der Waals surface area contributed by atoms with Gasteiger partial charge in [-0.1, -0.05) is 20.3 Å². The molecule has 0 aromatic heterocycles. The van der Waals surface area contributed by atoms with Gasteiger partial charge in [-0.15, -0.1) is 0 Å². The Morgan fingerprint density at radius 1 is 1.29 bits per heavy atom. The Morgan fingerprint density at radius 3 is 2.41 bits per heavy atom. The summed E-state index contributed by atoms with van der Waals surface area (Å²) in [4.78, 5) is 5.09. The van der Waals surface area contributed by atoms with Gasteiger partial charge in [-0.05, 0) is 33.9 Å². The molecule has 1 rings (SSSR count). The number of hydrogen-bond donors (Lipinski definition) is 1. The predicted molar refractivity (Wildman–Crippen MR) is 75.5 cm³/mol. The average molecular weight is 241 g/mol. The molecule has 1 aliphatic rings. The highest BCUT2D eigenvalue weighted by molar-refractivity contribution is 4.90. The van der Waals surface area contributed by atoms with Crippen LogP contribution in [0.1, 0.15) is 34.1 Å². The van der Waals surface area contributed by atoms with Crippen LogP contribution in [0.5, 0.6) is 0 Å². The standard InChI is InChI=1S/C14H31N3/c1-7-12(2)13(15-5)10-17-9-8-16(6)14(3,4)11-17/h12-13,15H,7-11H2,1-6H3. The van der Waals surface area contributed by atoms with Crippen molar-refractivity contribution >= 4 is 0 Å². The fraction of sp³-hybridized carbons (Fsp3) is 1.00. The van der Waals surface area contributed by atoms with E-state index in [9.17, 15) is 0 Å². The van der Waals surface area contributed by atoms with E-state index in [1.54, 1.807) is 0 Å². The van der Waals surface area contributed by atoms with E-state index in [0.717, 1.165) is 5.92 Å². The second kappa shape index (κ2) is 6.17. The number of piperazine rings is 1. The van der Waals surface area contributed by atoms with E-state index in [1.165, 1.54) is 32.6 Å². The molecule has 102 valence electrons. The van der Waals surface area contributed by atoms with Crippen LogP contribution in [-0.4, -0.2) is 61.7 Å². The van der Waals surface area contributed by atoms with Gasteiger partial charge in [-0.2, -0.15) is 0 Å². The second-order valence-corrected chi connectivity index (χ2v) is 6.25. The summed E-state index contributed by atoms with van der Waals surface area (Å²) in [6.07, 6.45) is 1.25. The van der Waals surface area contributed by atoms with Crippen molar-refractivity contribution in [2.45, 2.75) is 45.7 Å². The molecule has 0 saturated carbocycles. The molecule has 2 unspecified atom stereocenters. The number of likely N-dealkylation sites (N-methyl/N-ethyl adjacent to an activating group) is 2. The van der Waals surface area contributed by atoms with E-state index in [0.29, 0.717) is 11.6 Å². The number of nitrogens with one attached hydrogen (secondary N) is 1. The Balaban J connectivity index is 2.51. The number of nitrogens with zero attached hydrogens (tertiary/aromatic N) is 2. The van der Waals surface area contributed by atoms with Crippen LogP contribution in [0.3, 0.4) is 0 Å². The van der Waals surface area contributed by atoms with Crippen molar-refractivity contribution in [3.63, 3.8) is 0 Å². The van der Waals surface area contributed by atoms with Crippen LogP contribution < -0.4 is 5.32 Å². The fourth-order valence-corrected chi connectivity index (χ4v) is 2.62. The molecule has 1 fully saturated rings. The summed E-state index contributed by atoms with van der Waals surface area (Å²) in [5.74, 6) is 0.753. The third kappa shape index (κ3) is 3.94. The molecule has 1 heterocycles. The molecular weight excluding hydrogens is 210 g/mol. The van der Waals surface area contributed by atoms with E-state index in [1.807, 2.05) is 0 Å². The lowest BCUT2D eigenvalue weighted by Crippen LogP contribution is -2.59. The molecule has 1 saturated heterocycles. The zero-order valence-corrected chi connectivity index (χ0v) is 12.6. The maximum absolute atomic E-state index is 3.48. The van der Waals surface area contributed by atoms with Crippen LogP contribution in [0.15, 0.2) is 0 Å². The normalized spacial score (nSPS) is 25.8. The average Bonchev–Trinajstić information content (AvgIpc) is 2.29. The van der Waals surface area contributed by atoms with Crippen molar-refractivity contribution in [2.75, 3.05) is 40.3 Å². The molecule has 0 aromatic carbocycles. The molecule has 0 aromatic rings.